The first kappa shape index (κ1) is 14.9. The van der Waals surface area contributed by atoms with Crippen LogP contribution in [-0.4, -0.2) is 60.7 Å². The van der Waals surface area contributed by atoms with Crippen LogP contribution in [0.5, 0.6) is 0 Å². The van der Waals surface area contributed by atoms with Gasteiger partial charge in [0.05, 0.1) is 0 Å². The molecular weight excluding hydrogens is 295 g/mol. The molecule has 1 aromatic rings. The molecule has 2 unspecified atom stereocenters. The number of ether oxygens (including phenoxy) is 1. The zero-order chi connectivity index (χ0) is 14.9. The maximum Gasteiger partial charge on any atom is 0.694 e. The van der Waals surface area contributed by atoms with E-state index in [-0.39, 0.29) is 5.82 Å². The van der Waals surface area contributed by atoms with Crippen molar-refractivity contribution in [2.75, 3.05) is 6.61 Å². The Morgan fingerprint density at radius 2 is 2.25 bits per heavy atom. The number of nitrogens with zero attached hydrogens (tertiary/aromatic N) is 3. The van der Waals surface area contributed by atoms with Crippen molar-refractivity contribution in [3.8, 4) is 0 Å². The molecule has 0 radical (unpaired) electrons. The minimum absolute atomic E-state index is 0.270. The molecule has 0 spiro atoms. The molecule has 5 atom stereocenters. The molecule has 0 saturated carbocycles. The highest BCUT2D eigenvalue weighted by molar-refractivity contribution is 7.32. The Balaban J connectivity index is 2.08. The van der Waals surface area contributed by atoms with Crippen LogP contribution in [0.15, 0.2) is 6.33 Å². The van der Waals surface area contributed by atoms with Crippen LogP contribution >= 0.6 is 8.25 Å². The number of carbonyl (C=O) groups excluding carboxylic acids is 1. The Kier molecular flexibility index (Phi) is 4.38. The summed E-state index contributed by atoms with van der Waals surface area (Å²) in [6.07, 6.45) is -3.76. The maximum absolute atomic E-state index is 10.9. The molecule has 1 fully saturated rings. The van der Waals surface area contributed by atoms with E-state index in [1.165, 1.54) is 0 Å². The summed E-state index contributed by atoms with van der Waals surface area (Å²) in [5.41, 5.74) is 4.99. The summed E-state index contributed by atoms with van der Waals surface area (Å²) in [6.45, 7) is -0.391. The van der Waals surface area contributed by atoms with Gasteiger partial charge in [-0.25, -0.2) is 9.67 Å². The number of carbonyl (C=O) groups is 1. The van der Waals surface area contributed by atoms with Crippen molar-refractivity contribution < 1.29 is 33.7 Å². The maximum atomic E-state index is 10.9. The van der Waals surface area contributed by atoms with Gasteiger partial charge in [-0.2, -0.15) is 0 Å². The molecule has 0 bridgehead atoms. The molecule has 20 heavy (non-hydrogen) atoms. The average molecular weight is 307 g/mol. The third-order valence-electron chi connectivity index (χ3n) is 2.68. The minimum atomic E-state index is -2.84. The highest BCUT2D eigenvalue weighted by Crippen LogP contribution is 2.30. The van der Waals surface area contributed by atoms with Gasteiger partial charge in [0.25, 0.3) is 5.91 Å². The second-order valence-electron chi connectivity index (χ2n) is 3.99. The zero-order valence-electron chi connectivity index (χ0n) is 9.93. The van der Waals surface area contributed by atoms with Gasteiger partial charge in [0.1, 0.15) is 31.2 Å². The summed E-state index contributed by atoms with van der Waals surface area (Å²) in [5, 5.41) is 23.3. The molecule has 1 aliphatic heterocycles. The van der Waals surface area contributed by atoms with E-state index in [0.717, 1.165) is 11.0 Å². The summed E-state index contributed by atoms with van der Waals surface area (Å²) in [4.78, 5) is 23.0. The molecule has 5 N–H and O–H groups in total. The molecular formula is C8H12N4O7P+. The lowest BCUT2D eigenvalue weighted by molar-refractivity contribution is -0.0557. The minimum Gasteiger partial charge on any atom is -0.387 e. The number of aliphatic hydroxyl groups excluding tert-OH is 2. The smallest absolute Gasteiger partial charge is 0.387 e. The molecule has 12 heteroatoms. The lowest BCUT2D eigenvalue weighted by atomic mass is 10.1. The summed E-state index contributed by atoms with van der Waals surface area (Å²) < 4.78 is 21.1. The van der Waals surface area contributed by atoms with Crippen molar-refractivity contribution in [3.63, 3.8) is 0 Å². The van der Waals surface area contributed by atoms with Crippen LogP contribution in [0.4, 0.5) is 0 Å². The molecule has 110 valence electrons. The first-order valence-corrected chi connectivity index (χ1v) is 6.54. The van der Waals surface area contributed by atoms with Gasteiger partial charge in [0, 0.05) is 4.57 Å². The number of primary amides is 1. The van der Waals surface area contributed by atoms with E-state index in [0.29, 0.717) is 0 Å². The second-order valence-corrected chi connectivity index (χ2v) is 4.73. The summed E-state index contributed by atoms with van der Waals surface area (Å²) in [6, 6.07) is 0. The fraction of sp³-hybridized carbons (Fsp3) is 0.625. The predicted molar refractivity (Wildman–Crippen MR) is 60.2 cm³/mol. The monoisotopic (exact) mass is 307 g/mol. The van der Waals surface area contributed by atoms with Crippen LogP contribution in [0.2, 0.25) is 0 Å². The quantitative estimate of drug-likeness (QED) is 0.435. The van der Waals surface area contributed by atoms with Crippen molar-refractivity contribution in [1.82, 2.24) is 14.8 Å². The van der Waals surface area contributed by atoms with E-state index in [2.05, 4.69) is 14.6 Å². The fourth-order valence-electron chi connectivity index (χ4n) is 1.73. The van der Waals surface area contributed by atoms with Crippen LogP contribution in [-0.2, 0) is 13.8 Å². The lowest BCUT2D eigenvalue weighted by Gasteiger charge is -2.13. The molecule has 11 nitrogen and oxygen atoms in total. The Bertz CT molecular complexity index is 523. The van der Waals surface area contributed by atoms with Crippen LogP contribution in [0.1, 0.15) is 16.8 Å². The molecule has 2 heterocycles. The zero-order valence-corrected chi connectivity index (χ0v) is 10.8. The third-order valence-corrected chi connectivity index (χ3v) is 3.05. The van der Waals surface area contributed by atoms with E-state index in [4.69, 9.17) is 15.4 Å². The Labute approximate surface area is 112 Å². The van der Waals surface area contributed by atoms with Gasteiger partial charge in [-0.1, -0.05) is 0 Å². The topological polar surface area (TPSA) is 170 Å². The van der Waals surface area contributed by atoms with E-state index in [1.807, 2.05) is 0 Å². The highest BCUT2D eigenvalue weighted by Gasteiger charge is 2.45. The standard InChI is InChI=1S/C8H11N4O7P/c9-6(15)7-10-2-12(11-7)8-5(14)4(13)3(19-8)1-18-20(16)17/h2-5,8,13-14H,1H2,(H2-,9,15,16,17)/p+1/t3-,4+,5?,8-/m1/s1. The van der Waals surface area contributed by atoms with Gasteiger partial charge >= 0.3 is 8.25 Å². The molecule has 1 aliphatic rings. The van der Waals surface area contributed by atoms with Gasteiger partial charge in [0.2, 0.25) is 5.82 Å². The molecule has 1 amide bonds. The van der Waals surface area contributed by atoms with Crippen LogP contribution in [0.25, 0.3) is 0 Å². The number of nitrogens with two attached hydrogens (primary N) is 1. The van der Waals surface area contributed by atoms with Gasteiger partial charge in [-0.15, -0.1) is 14.5 Å². The van der Waals surface area contributed by atoms with E-state index < -0.39 is 45.3 Å². The second kappa shape index (κ2) is 5.87. The van der Waals surface area contributed by atoms with Crippen LogP contribution in [0, 0.1) is 0 Å². The Hall–Kier alpha value is -1.49. The summed E-state index contributed by atoms with van der Waals surface area (Å²) in [7, 11) is -2.84. The van der Waals surface area contributed by atoms with Crippen molar-refractivity contribution in [2.45, 2.75) is 24.5 Å². The van der Waals surface area contributed by atoms with Crippen molar-refractivity contribution >= 4 is 14.2 Å². The summed E-state index contributed by atoms with van der Waals surface area (Å²) >= 11 is 0. The number of amides is 1. The Morgan fingerprint density at radius 1 is 1.55 bits per heavy atom. The number of aliphatic hydroxyl groups is 2. The fourth-order valence-corrected chi connectivity index (χ4v) is 2.01. The van der Waals surface area contributed by atoms with Crippen molar-refractivity contribution in [3.05, 3.63) is 12.2 Å². The normalized spacial score (nSPS) is 30.4. The number of hydrogen-bond donors (Lipinski definition) is 4. The first-order chi connectivity index (χ1) is 9.40. The highest BCUT2D eigenvalue weighted by atomic mass is 31.1. The van der Waals surface area contributed by atoms with E-state index in [9.17, 15) is 19.6 Å². The van der Waals surface area contributed by atoms with Crippen molar-refractivity contribution in [1.29, 1.82) is 0 Å². The summed E-state index contributed by atoms with van der Waals surface area (Å²) in [5.74, 6) is -1.12. The third kappa shape index (κ3) is 2.98. The Morgan fingerprint density at radius 3 is 2.80 bits per heavy atom. The molecule has 0 aromatic carbocycles. The van der Waals surface area contributed by atoms with Crippen molar-refractivity contribution in [2.24, 2.45) is 5.73 Å². The molecule has 2 rings (SSSR count). The first-order valence-electron chi connectivity index (χ1n) is 5.41. The van der Waals surface area contributed by atoms with E-state index >= 15 is 0 Å². The number of rotatable bonds is 5. The largest absolute Gasteiger partial charge is 0.694 e. The number of aromatic nitrogens is 3. The van der Waals surface area contributed by atoms with Gasteiger partial charge in [0.15, 0.2) is 6.23 Å². The molecule has 1 aromatic heterocycles. The van der Waals surface area contributed by atoms with E-state index in [1.54, 1.807) is 0 Å². The van der Waals surface area contributed by atoms with Gasteiger partial charge < -0.3 is 20.7 Å². The molecule has 0 aliphatic carbocycles. The number of hydrogen-bond acceptors (Lipinski definition) is 8. The van der Waals surface area contributed by atoms with Crippen LogP contribution < -0.4 is 5.73 Å². The lowest BCUT2D eigenvalue weighted by Crippen LogP contribution is -2.33. The van der Waals surface area contributed by atoms with Crippen LogP contribution in [0.3, 0.4) is 0 Å². The SMILES string of the molecule is NC(=O)c1ncn([C@@H]2O[C@H](CO[P+](=O)O)[C@H](O)C2O)n1. The van der Waals surface area contributed by atoms with Gasteiger partial charge in [-0.3, -0.25) is 4.79 Å². The molecule has 1 saturated heterocycles. The average Bonchev–Trinajstić information content (AvgIpc) is 2.95. The predicted octanol–water partition coefficient (Wildman–Crippen LogP) is -2.34. The van der Waals surface area contributed by atoms with Gasteiger partial charge in [-0.05, 0) is 0 Å².